The zero-order valence-electron chi connectivity index (χ0n) is 15.1. The highest BCUT2D eigenvalue weighted by molar-refractivity contribution is 7.20. The third-order valence-electron chi connectivity index (χ3n) is 3.97. The number of fused-ring (bicyclic) bond motifs is 1. The summed E-state index contributed by atoms with van der Waals surface area (Å²) in [6, 6.07) is 9.98. The molecule has 3 aromatic rings. The molecule has 25 heavy (non-hydrogen) atoms. The normalized spacial score (nSPS) is 11.0. The van der Waals surface area contributed by atoms with E-state index in [1.807, 2.05) is 26.0 Å². The fourth-order valence-corrected chi connectivity index (χ4v) is 3.55. The fourth-order valence-electron chi connectivity index (χ4n) is 2.66. The summed E-state index contributed by atoms with van der Waals surface area (Å²) in [6.07, 6.45) is 1.78. The highest BCUT2D eigenvalue weighted by Gasteiger charge is 2.12. The number of anilines is 2. The maximum absolute atomic E-state index is 12.2. The van der Waals surface area contributed by atoms with E-state index in [-0.39, 0.29) is 5.56 Å². The molecule has 0 saturated carbocycles. The van der Waals surface area contributed by atoms with E-state index in [9.17, 15) is 4.79 Å². The number of nitrogens with zero attached hydrogens (tertiary/aromatic N) is 5. The number of aryl methyl sites for hydroxylation is 1. The van der Waals surface area contributed by atoms with Crippen LogP contribution in [0.4, 0.5) is 10.8 Å². The van der Waals surface area contributed by atoms with Gasteiger partial charge in [-0.3, -0.25) is 4.79 Å². The molecule has 6 nitrogen and oxygen atoms in total. The van der Waals surface area contributed by atoms with Crippen molar-refractivity contribution < 1.29 is 0 Å². The highest BCUT2D eigenvalue weighted by Crippen LogP contribution is 2.23. The maximum atomic E-state index is 12.2. The fraction of sp³-hybridized carbons (Fsp3) is 0.389. The van der Waals surface area contributed by atoms with Crippen LogP contribution in [0.1, 0.15) is 24.6 Å². The molecular weight excluding hydrogens is 334 g/mol. The average Bonchev–Trinajstić information content (AvgIpc) is 3.00. The molecule has 0 bridgehead atoms. The number of hydrogen-bond donors (Lipinski definition) is 0. The van der Waals surface area contributed by atoms with Crippen LogP contribution in [0.2, 0.25) is 0 Å². The zero-order chi connectivity index (χ0) is 18.0. The lowest BCUT2D eigenvalue weighted by atomic mass is 10.2. The van der Waals surface area contributed by atoms with Gasteiger partial charge < -0.3 is 9.80 Å². The Labute approximate surface area is 151 Å². The molecule has 0 unspecified atom stereocenters. The van der Waals surface area contributed by atoms with Gasteiger partial charge in [0.1, 0.15) is 0 Å². The van der Waals surface area contributed by atoms with Crippen molar-refractivity contribution in [3.8, 4) is 0 Å². The van der Waals surface area contributed by atoms with E-state index in [1.165, 1.54) is 21.4 Å². The number of benzene rings is 1. The van der Waals surface area contributed by atoms with Gasteiger partial charge in [-0.15, -0.1) is 5.10 Å². The van der Waals surface area contributed by atoms with Crippen molar-refractivity contribution in [2.75, 3.05) is 30.9 Å². The van der Waals surface area contributed by atoms with Crippen LogP contribution in [-0.2, 0) is 13.0 Å². The maximum Gasteiger partial charge on any atom is 0.275 e. The lowest BCUT2D eigenvalue weighted by Crippen LogP contribution is -2.19. The predicted octanol–water partition coefficient (Wildman–Crippen LogP) is 2.81. The molecule has 0 atom stereocenters. The van der Waals surface area contributed by atoms with Crippen LogP contribution in [0, 0.1) is 0 Å². The first-order valence-corrected chi connectivity index (χ1v) is 9.16. The van der Waals surface area contributed by atoms with Gasteiger partial charge in [-0.05, 0) is 24.1 Å². The molecule has 0 N–H and O–H groups in total. The Morgan fingerprint density at radius 3 is 2.72 bits per heavy atom. The van der Waals surface area contributed by atoms with Crippen LogP contribution in [0.25, 0.3) is 4.96 Å². The topological polar surface area (TPSA) is 53.7 Å². The summed E-state index contributed by atoms with van der Waals surface area (Å²) in [4.78, 5) is 21.6. The molecule has 0 fully saturated rings. The van der Waals surface area contributed by atoms with E-state index in [0.717, 1.165) is 35.9 Å². The minimum atomic E-state index is -0.112. The molecule has 0 aliphatic heterocycles. The summed E-state index contributed by atoms with van der Waals surface area (Å²) in [5, 5.41) is 5.23. The molecule has 132 valence electrons. The van der Waals surface area contributed by atoms with Gasteiger partial charge in [-0.1, -0.05) is 36.8 Å². The smallest absolute Gasteiger partial charge is 0.275 e. The Hall–Kier alpha value is -2.41. The van der Waals surface area contributed by atoms with Gasteiger partial charge in [-0.2, -0.15) is 4.52 Å². The average molecular weight is 357 g/mol. The van der Waals surface area contributed by atoms with E-state index >= 15 is 0 Å². The van der Waals surface area contributed by atoms with Crippen LogP contribution in [-0.4, -0.2) is 35.7 Å². The van der Waals surface area contributed by atoms with Crippen LogP contribution in [0.3, 0.4) is 0 Å². The van der Waals surface area contributed by atoms with Gasteiger partial charge >= 0.3 is 0 Å². The second-order valence-corrected chi connectivity index (χ2v) is 7.27. The second-order valence-electron chi connectivity index (χ2n) is 6.34. The van der Waals surface area contributed by atoms with Crippen molar-refractivity contribution in [1.82, 2.24) is 14.6 Å². The van der Waals surface area contributed by atoms with Crippen molar-refractivity contribution in [1.29, 1.82) is 0 Å². The number of aromatic nitrogens is 3. The molecular formula is C18H23N5OS. The third-order valence-corrected chi connectivity index (χ3v) is 4.99. The molecule has 0 aliphatic rings. The van der Waals surface area contributed by atoms with Gasteiger partial charge in [0, 0.05) is 45.1 Å². The monoisotopic (exact) mass is 357 g/mol. The number of rotatable bonds is 6. The van der Waals surface area contributed by atoms with Gasteiger partial charge in [0.25, 0.3) is 5.56 Å². The van der Waals surface area contributed by atoms with Gasteiger partial charge in [-0.25, -0.2) is 4.98 Å². The second kappa shape index (κ2) is 7.23. The van der Waals surface area contributed by atoms with Crippen molar-refractivity contribution in [3.05, 3.63) is 51.9 Å². The van der Waals surface area contributed by atoms with Crippen LogP contribution in [0.15, 0.2) is 35.1 Å². The van der Waals surface area contributed by atoms with Gasteiger partial charge in [0.15, 0.2) is 0 Å². The molecule has 1 aromatic carbocycles. The summed E-state index contributed by atoms with van der Waals surface area (Å²) >= 11 is 1.45. The summed E-state index contributed by atoms with van der Waals surface area (Å²) in [5.74, 6) is 0. The van der Waals surface area contributed by atoms with Crippen LogP contribution >= 0.6 is 11.3 Å². The number of hydrogen-bond acceptors (Lipinski definition) is 6. The van der Waals surface area contributed by atoms with E-state index in [2.05, 4.69) is 46.2 Å². The molecule has 2 aromatic heterocycles. The first-order chi connectivity index (χ1) is 12.0. The Morgan fingerprint density at radius 2 is 2.00 bits per heavy atom. The van der Waals surface area contributed by atoms with E-state index in [1.54, 1.807) is 6.07 Å². The Balaban J connectivity index is 1.87. The molecule has 0 spiro atoms. The predicted molar refractivity (Wildman–Crippen MR) is 104 cm³/mol. The molecule has 0 saturated heterocycles. The zero-order valence-corrected chi connectivity index (χ0v) is 15.9. The van der Waals surface area contributed by atoms with Gasteiger partial charge in [0.05, 0.1) is 0 Å². The Bertz CT molecular complexity index is 931. The molecule has 0 amide bonds. The lowest BCUT2D eigenvalue weighted by Gasteiger charge is -2.17. The first kappa shape index (κ1) is 17.4. The van der Waals surface area contributed by atoms with E-state index < -0.39 is 0 Å². The Kier molecular flexibility index (Phi) is 5.03. The van der Waals surface area contributed by atoms with E-state index in [0.29, 0.717) is 4.96 Å². The van der Waals surface area contributed by atoms with Crippen molar-refractivity contribution in [2.24, 2.45) is 0 Å². The third kappa shape index (κ3) is 3.82. The van der Waals surface area contributed by atoms with Crippen LogP contribution in [0.5, 0.6) is 0 Å². The minimum Gasteiger partial charge on any atom is -0.378 e. The van der Waals surface area contributed by atoms with Crippen molar-refractivity contribution >= 4 is 27.1 Å². The molecule has 0 aliphatic carbocycles. The lowest BCUT2D eigenvalue weighted by molar-refractivity contribution is 0.821. The first-order valence-electron chi connectivity index (χ1n) is 8.35. The molecule has 2 heterocycles. The summed E-state index contributed by atoms with van der Waals surface area (Å²) in [6.45, 7) is 2.80. The molecule has 3 rings (SSSR count). The van der Waals surface area contributed by atoms with E-state index in [4.69, 9.17) is 0 Å². The summed E-state index contributed by atoms with van der Waals surface area (Å²) < 4.78 is 1.39. The van der Waals surface area contributed by atoms with Crippen molar-refractivity contribution in [2.45, 2.75) is 26.3 Å². The van der Waals surface area contributed by atoms with Gasteiger partial charge in [0.2, 0.25) is 10.1 Å². The van der Waals surface area contributed by atoms with Crippen molar-refractivity contribution in [3.63, 3.8) is 0 Å². The standard InChI is InChI=1S/C18H23N5OS/c1-5-7-14-11-16(24)23-17(19-14)25-18(20-23)22(4)12-13-8-6-9-15(10-13)21(2)3/h6,8-11H,5,7,12H2,1-4H3. The Morgan fingerprint density at radius 1 is 1.20 bits per heavy atom. The highest BCUT2D eigenvalue weighted by atomic mass is 32.1. The minimum absolute atomic E-state index is 0.112. The molecule has 7 heteroatoms. The largest absolute Gasteiger partial charge is 0.378 e. The van der Waals surface area contributed by atoms with Crippen LogP contribution < -0.4 is 15.4 Å². The quantitative estimate of drug-likeness (QED) is 0.679. The SMILES string of the molecule is CCCc1cc(=O)n2nc(N(C)Cc3cccc(N(C)C)c3)sc2n1. The summed E-state index contributed by atoms with van der Waals surface area (Å²) in [7, 11) is 6.04. The summed E-state index contributed by atoms with van der Waals surface area (Å²) in [5.41, 5.74) is 3.08. The molecule has 0 radical (unpaired) electrons.